The molecule has 12 heteroatoms. The van der Waals surface area contributed by atoms with Gasteiger partial charge in [0.1, 0.15) is 17.1 Å². The molecule has 3 heterocycles. The number of hydrogen-bond donors (Lipinski definition) is 1. The second-order valence-corrected chi connectivity index (χ2v) is 10.3. The predicted molar refractivity (Wildman–Crippen MR) is 123 cm³/mol. The number of piperidine rings is 1. The Morgan fingerprint density at radius 2 is 1.89 bits per heavy atom. The van der Waals surface area contributed by atoms with E-state index in [1.54, 1.807) is 32.6 Å². The van der Waals surface area contributed by atoms with Crippen molar-refractivity contribution >= 4 is 29.2 Å². The number of alkyl halides is 3. The van der Waals surface area contributed by atoms with E-state index in [0.717, 1.165) is 18.2 Å². The Balaban J connectivity index is 1.82. The summed E-state index contributed by atoms with van der Waals surface area (Å²) in [5.74, 6) is -1.41. The molecule has 2 aromatic rings. The second kappa shape index (κ2) is 9.92. The number of aliphatic imine (C=N–C) groups is 1. The normalized spacial score (nSPS) is 19.5. The van der Waals surface area contributed by atoms with Crippen molar-refractivity contribution in [3.63, 3.8) is 0 Å². The molecule has 7 nitrogen and oxygen atoms in total. The minimum atomic E-state index is -4.72. The summed E-state index contributed by atoms with van der Waals surface area (Å²) in [7, 11) is 0. The van der Waals surface area contributed by atoms with Gasteiger partial charge < -0.3 is 15.4 Å². The third-order valence-electron chi connectivity index (χ3n) is 5.35. The summed E-state index contributed by atoms with van der Waals surface area (Å²) in [5, 5.41) is -0.609. The van der Waals surface area contributed by atoms with Crippen molar-refractivity contribution in [1.82, 2.24) is 9.88 Å². The second-order valence-electron chi connectivity index (χ2n) is 9.27. The standard InChI is InChI=1S/C23H26F4N4O3S/c1-12-11-13(9-10-31(12)21(33)34-22(2,3)4)20(32)30-19(28)14-5-7-16(23(25,26)27)29-18(14)15-6-8-17(24)35-15/h5-8,12-13H,9-11H2,1-4H3,(H2,28,30,32). The molecule has 1 aliphatic rings. The number of nitrogens with two attached hydrogens (primary N) is 1. The predicted octanol–water partition coefficient (Wildman–Crippen LogP) is 5.24. The Kier molecular flexibility index (Phi) is 7.53. The SMILES string of the molecule is CC1CC(C(=O)N=C(N)c2ccc(C(F)(F)F)nc2-c2ccc(F)s2)CCN1C(=O)OC(C)(C)C. The van der Waals surface area contributed by atoms with Crippen LogP contribution in [0, 0.1) is 11.0 Å². The molecule has 1 saturated heterocycles. The van der Waals surface area contributed by atoms with E-state index < -0.39 is 40.5 Å². The minimum Gasteiger partial charge on any atom is -0.444 e. The number of rotatable bonds is 3. The molecule has 2 unspecified atom stereocenters. The molecule has 35 heavy (non-hydrogen) atoms. The largest absolute Gasteiger partial charge is 0.444 e. The van der Waals surface area contributed by atoms with Crippen LogP contribution in [0.15, 0.2) is 29.3 Å². The van der Waals surface area contributed by atoms with E-state index in [0.29, 0.717) is 24.2 Å². The first-order valence-corrected chi connectivity index (χ1v) is 11.7. The highest BCUT2D eigenvalue weighted by Crippen LogP contribution is 2.34. The molecule has 2 atom stereocenters. The summed E-state index contributed by atoms with van der Waals surface area (Å²) < 4.78 is 58.6. The zero-order chi connectivity index (χ0) is 26.1. The summed E-state index contributed by atoms with van der Waals surface area (Å²) in [5.41, 5.74) is 3.98. The van der Waals surface area contributed by atoms with E-state index in [9.17, 15) is 27.2 Å². The van der Waals surface area contributed by atoms with Gasteiger partial charge in [-0.2, -0.15) is 22.6 Å². The van der Waals surface area contributed by atoms with Gasteiger partial charge in [0.05, 0.1) is 10.6 Å². The molecule has 0 spiro atoms. The number of halogens is 4. The highest BCUT2D eigenvalue weighted by molar-refractivity contribution is 7.13. The van der Waals surface area contributed by atoms with Gasteiger partial charge in [-0.1, -0.05) is 0 Å². The molecule has 1 fully saturated rings. The summed E-state index contributed by atoms with van der Waals surface area (Å²) >= 11 is 0.604. The van der Waals surface area contributed by atoms with E-state index in [1.165, 1.54) is 6.07 Å². The fourth-order valence-electron chi connectivity index (χ4n) is 3.71. The smallest absolute Gasteiger partial charge is 0.433 e. The average Bonchev–Trinajstić information content (AvgIpc) is 3.17. The Bertz CT molecular complexity index is 1140. The zero-order valence-electron chi connectivity index (χ0n) is 19.6. The van der Waals surface area contributed by atoms with Crippen LogP contribution in [0.25, 0.3) is 10.6 Å². The molecular formula is C23H26F4N4O3S. The minimum absolute atomic E-state index is 0.00700. The van der Waals surface area contributed by atoms with Crippen molar-refractivity contribution in [1.29, 1.82) is 0 Å². The third kappa shape index (κ3) is 6.56. The monoisotopic (exact) mass is 514 g/mol. The topological polar surface area (TPSA) is 97.9 Å². The summed E-state index contributed by atoms with van der Waals surface area (Å²) in [6.07, 6.45) is -4.54. The molecule has 0 aliphatic carbocycles. The number of carbonyl (C=O) groups excluding carboxylic acids is 2. The molecule has 0 saturated carbocycles. The van der Waals surface area contributed by atoms with Gasteiger partial charge in [-0.3, -0.25) is 4.79 Å². The van der Waals surface area contributed by atoms with Crippen LogP contribution in [-0.4, -0.2) is 45.9 Å². The number of carbonyl (C=O) groups is 2. The van der Waals surface area contributed by atoms with Crippen LogP contribution < -0.4 is 5.73 Å². The number of likely N-dealkylation sites (tertiary alicyclic amines) is 1. The highest BCUT2D eigenvalue weighted by atomic mass is 32.1. The van der Waals surface area contributed by atoms with E-state index >= 15 is 0 Å². The molecule has 1 aliphatic heterocycles. The lowest BCUT2D eigenvalue weighted by Crippen LogP contribution is -2.47. The summed E-state index contributed by atoms with van der Waals surface area (Å²) in [6, 6.07) is 3.90. The number of pyridine rings is 1. The van der Waals surface area contributed by atoms with Crippen LogP contribution >= 0.6 is 11.3 Å². The lowest BCUT2D eigenvalue weighted by Gasteiger charge is -2.37. The van der Waals surface area contributed by atoms with Gasteiger partial charge >= 0.3 is 12.3 Å². The van der Waals surface area contributed by atoms with Crippen molar-refractivity contribution in [2.45, 2.75) is 58.4 Å². The number of thiophene rings is 1. The summed E-state index contributed by atoms with van der Waals surface area (Å²) in [6.45, 7) is 7.36. The number of amides is 2. The number of amidine groups is 1. The quantitative estimate of drug-likeness (QED) is 0.343. The van der Waals surface area contributed by atoms with Crippen LogP contribution in [0.1, 0.15) is 51.8 Å². The van der Waals surface area contributed by atoms with E-state index in [2.05, 4.69) is 9.98 Å². The van der Waals surface area contributed by atoms with Crippen molar-refractivity contribution in [2.24, 2.45) is 16.6 Å². The van der Waals surface area contributed by atoms with Gasteiger partial charge in [0.2, 0.25) is 0 Å². The first-order chi connectivity index (χ1) is 16.2. The van der Waals surface area contributed by atoms with Crippen LogP contribution in [0.5, 0.6) is 0 Å². The Labute approximate surface area is 204 Å². The lowest BCUT2D eigenvalue weighted by atomic mass is 9.91. The van der Waals surface area contributed by atoms with Crippen LogP contribution in [0.4, 0.5) is 22.4 Å². The van der Waals surface area contributed by atoms with Crippen LogP contribution in [-0.2, 0) is 15.7 Å². The van der Waals surface area contributed by atoms with Crippen molar-refractivity contribution in [3.8, 4) is 10.6 Å². The Morgan fingerprint density at radius 3 is 2.43 bits per heavy atom. The maximum Gasteiger partial charge on any atom is 0.433 e. The molecule has 2 N–H and O–H groups in total. The zero-order valence-corrected chi connectivity index (χ0v) is 20.5. The number of ether oxygens (including phenoxy) is 1. The van der Waals surface area contributed by atoms with E-state index in [1.807, 2.05) is 0 Å². The maximum atomic E-state index is 13.6. The first-order valence-electron chi connectivity index (χ1n) is 10.9. The van der Waals surface area contributed by atoms with Gasteiger partial charge in [0.25, 0.3) is 5.91 Å². The lowest BCUT2D eigenvalue weighted by molar-refractivity contribution is -0.141. The molecule has 0 bridgehead atoms. The first kappa shape index (κ1) is 26.6. The summed E-state index contributed by atoms with van der Waals surface area (Å²) in [4.78, 5) is 34.5. The maximum absolute atomic E-state index is 13.6. The number of nitrogens with zero attached hydrogens (tertiary/aromatic N) is 3. The molecule has 0 aromatic carbocycles. The van der Waals surface area contributed by atoms with Crippen LogP contribution in [0.3, 0.4) is 0 Å². The number of hydrogen-bond acceptors (Lipinski definition) is 5. The average molecular weight is 515 g/mol. The van der Waals surface area contributed by atoms with Crippen molar-refractivity contribution in [2.75, 3.05) is 6.54 Å². The van der Waals surface area contributed by atoms with Gasteiger partial charge in [0.15, 0.2) is 5.13 Å². The fraction of sp³-hybridized carbons (Fsp3) is 0.478. The van der Waals surface area contributed by atoms with Crippen molar-refractivity contribution < 1.29 is 31.9 Å². The van der Waals surface area contributed by atoms with Crippen molar-refractivity contribution in [3.05, 3.63) is 40.7 Å². The van der Waals surface area contributed by atoms with Crippen LogP contribution in [0.2, 0.25) is 0 Å². The van der Waals surface area contributed by atoms with E-state index in [4.69, 9.17) is 10.5 Å². The Hall–Kier alpha value is -3.02. The fourth-order valence-corrected chi connectivity index (χ4v) is 4.45. The van der Waals surface area contributed by atoms with Gasteiger partial charge in [0, 0.05) is 24.1 Å². The van der Waals surface area contributed by atoms with E-state index in [-0.39, 0.29) is 34.6 Å². The Morgan fingerprint density at radius 1 is 1.20 bits per heavy atom. The third-order valence-corrected chi connectivity index (χ3v) is 6.23. The molecule has 190 valence electrons. The molecule has 2 amide bonds. The van der Waals surface area contributed by atoms with Gasteiger partial charge in [-0.05, 0) is 64.8 Å². The molecular weight excluding hydrogens is 488 g/mol. The molecule has 0 radical (unpaired) electrons. The molecule has 2 aromatic heterocycles. The van der Waals surface area contributed by atoms with Gasteiger partial charge in [-0.15, -0.1) is 11.3 Å². The van der Waals surface area contributed by atoms with Gasteiger partial charge in [-0.25, -0.2) is 9.78 Å². The number of aromatic nitrogens is 1. The highest BCUT2D eigenvalue weighted by Gasteiger charge is 2.36. The molecule has 3 rings (SSSR count).